The number of hydrogen-bond acceptors (Lipinski definition) is 5. The molecule has 6 heteroatoms. The lowest BCUT2D eigenvalue weighted by Crippen LogP contribution is -2.41. The number of carbonyl (C=O) groups is 1. The number of aromatic nitrogens is 2. The third-order valence-electron chi connectivity index (χ3n) is 4.30. The van der Waals surface area contributed by atoms with Crippen molar-refractivity contribution in [3.05, 3.63) is 42.2 Å². The van der Waals surface area contributed by atoms with Crippen LogP contribution in [0.15, 0.2) is 36.5 Å². The molecule has 3 rings (SSSR count). The van der Waals surface area contributed by atoms with E-state index in [0.717, 1.165) is 30.8 Å². The molecule has 6 nitrogen and oxygen atoms in total. The van der Waals surface area contributed by atoms with Crippen molar-refractivity contribution in [3.63, 3.8) is 0 Å². The molecular weight excluding hydrogens is 316 g/mol. The van der Waals surface area contributed by atoms with E-state index in [2.05, 4.69) is 20.2 Å². The third kappa shape index (κ3) is 4.26. The van der Waals surface area contributed by atoms with Gasteiger partial charge in [-0.1, -0.05) is 12.1 Å². The maximum absolute atomic E-state index is 12.7. The number of para-hydroxylation sites is 2. The van der Waals surface area contributed by atoms with Gasteiger partial charge in [-0.15, -0.1) is 0 Å². The highest BCUT2D eigenvalue weighted by atomic mass is 16.5. The Labute approximate surface area is 148 Å². The van der Waals surface area contributed by atoms with Gasteiger partial charge >= 0.3 is 0 Å². The first kappa shape index (κ1) is 17.2. The van der Waals surface area contributed by atoms with Crippen molar-refractivity contribution < 1.29 is 9.53 Å². The maximum Gasteiger partial charge on any atom is 0.229 e. The van der Waals surface area contributed by atoms with Crippen molar-refractivity contribution in [3.8, 4) is 5.75 Å². The molecule has 0 spiro atoms. The summed E-state index contributed by atoms with van der Waals surface area (Å²) in [5.74, 6) is 1.33. The summed E-state index contributed by atoms with van der Waals surface area (Å²) >= 11 is 0. The van der Waals surface area contributed by atoms with Crippen LogP contribution in [0.4, 0.5) is 11.6 Å². The topological polar surface area (TPSA) is 67.3 Å². The lowest BCUT2D eigenvalue weighted by Gasteiger charge is -2.32. The average Bonchev–Trinajstić information content (AvgIpc) is 2.64. The quantitative estimate of drug-likeness (QED) is 0.906. The highest BCUT2D eigenvalue weighted by Gasteiger charge is 2.27. The van der Waals surface area contributed by atoms with Crippen LogP contribution < -0.4 is 15.0 Å². The molecule has 1 aromatic heterocycles. The fourth-order valence-electron chi connectivity index (χ4n) is 3.05. The molecule has 25 heavy (non-hydrogen) atoms. The molecule has 2 aromatic rings. The summed E-state index contributed by atoms with van der Waals surface area (Å²) < 4.78 is 5.58. The Morgan fingerprint density at radius 3 is 3.00 bits per heavy atom. The number of piperidine rings is 1. The second-order valence-corrected chi connectivity index (χ2v) is 6.20. The second-order valence-electron chi connectivity index (χ2n) is 6.20. The van der Waals surface area contributed by atoms with Crippen molar-refractivity contribution in [1.29, 1.82) is 0 Å². The lowest BCUT2D eigenvalue weighted by atomic mass is 9.97. The molecule has 1 aliphatic heterocycles. The highest BCUT2D eigenvalue weighted by Crippen LogP contribution is 2.26. The van der Waals surface area contributed by atoms with Crippen LogP contribution in [0.5, 0.6) is 5.75 Å². The van der Waals surface area contributed by atoms with Gasteiger partial charge in [0.05, 0.1) is 18.2 Å². The molecule has 0 radical (unpaired) electrons. The van der Waals surface area contributed by atoms with Crippen molar-refractivity contribution in [2.45, 2.75) is 26.7 Å². The summed E-state index contributed by atoms with van der Waals surface area (Å²) in [6.07, 6.45) is 3.58. The fourth-order valence-corrected chi connectivity index (χ4v) is 3.05. The smallest absolute Gasteiger partial charge is 0.229 e. The number of benzene rings is 1. The summed E-state index contributed by atoms with van der Waals surface area (Å²) in [6, 6.07) is 9.41. The van der Waals surface area contributed by atoms with E-state index < -0.39 is 0 Å². The van der Waals surface area contributed by atoms with E-state index >= 15 is 0 Å². The monoisotopic (exact) mass is 340 g/mol. The average molecular weight is 340 g/mol. The predicted octanol–water partition coefficient (Wildman–Crippen LogP) is 3.04. The lowest BCUT2D eigenvalue weighted by molar-refractivity contribution is -0.120. The van der Waals surface area contributed by atoms with Gasteiger partial charge in [0.1, 0.15) is 5.75 Å². The van der Waals surface area contributed by atoms with Crippen LogP contribution in [0, 0.1) is 12.8 Å². The Kier molecular flexibility index (Phi) is 5.48. The van der Waals surface area contributed by atoms with Crippen molar-refractivity contribution in [2.24, 2.45) is 5.92 Å². The molecule has 1 unspecified atom stereocenters. The molecule has 1 N–H and O–H groups in total. The molecule has 1 amide bonds. The number of amides is 1. The molecule has 132 valence electrons. The standard InChI is InChI=1S/C19H24N4O2/c1-3-25-17-9-5-4-8-16(17)22-18(24)15-7-6-12-23(13-15)19-20-11-10-14(2)21-19/h4-5,8-11,15H,3,6-7,12-13H2,1-2H3,(H,22,24). The van der Waals surface area contributed by atoms with Crippen LogP contribution in [0.1, 0.15) is 25.5 Å². The Hall–Kier alpha value is -2.63. The van der Waals surface area contributed by atoms with Crippen LogP contribution in [0.2, 0.25) is 0 Å². The molecule has 1 atom stereocenters. The molecule has 0 saturated carbocycles. The number of carbonyl (C=O) groups excluding carboxylic acids is 1. The number of hydrogen-bond donors (Lipinski definition) is 1. The first-order valence-corrected chi connectivity index (χ1v) is 8.74. The van der Waals surface area contributed by atoms with Gasteiger partial charge in [-0.25, -0.2) is 9.97 Å². The van der Waals surface area contributed by atoms with Crippen LogP contribution >= 0.6 is 0 Å². The van der Waals surface area contributed by atoms with Crippen molar-refractivity contribution in [1.82, 2.24) is 9.97 Å². The number of nitrogens with one attached hydrogen (secondary N) is 1. The summed E-state index contributed by atoms with van der Waals surface area (Å²) in [7, 11) is 0. The predicted molar refractivity (Wildman–Crippen MR) is 97.9 cm³/mol. The van der Waals surface area contributed by atoms with E-state index in [1.807, 2.05) is 44.2 Å². The van der Waals surface area contributed by atoms with E-state index in [1.165, 1.54) is 0 Å². The Morgan fingerprint density at radius 1 is 1.36 bits per heavy atom. The van der Waals surface area contributed by atoms with E-state index in [-0.39, 0.29) is 11.8 Å². The first-order chi connectivity index (χ1) is 12.2. The van der Waals surface area contributed by atoms with Gasteiger partial charge in [-0.05, 0) is 44.9 Å². The minimum absolute atomic E-state index is 0.0181. The van der Waals surface area contributed by atoms with Gasteiger partial charge in [0.2, 0.25) is 11.9 Å². The maximum atomic E-state index is 12.7. The summed E-state index contributed by atoms with van der Waals surface area (Å²) in [6.45, 7) is 5.95. The molecule has 1 fully saturated rings. The first-order valence-electron chi connectivity index (χ1n) is 8.74. The number of nitrogens with zero attached hydrogens (tertiary/aromatic N) is 3. The Morgan fingerprint density at radius 2 is 2.20 bits per heavy atom. The van der Waals surface area contributed by atoms with Gasteiger partial charge in [-0.3, -0.25) is 4.79 Å². The van der Waals surface area contributed by atoms with Gasteiger partial charge < -0.3 is 15.0 Å². The van der Waals surface area contributed by atoms with Gasteiger partial charge in [-0.2, -0.15) is 0 Å². The van der Waals surface area contributed by atoms with Crippen LogP contribution in [0.25, 0.3) is 0 Å². The molecule has 0 aliphatic carbocycles. The van der Waals surface area contributed by atoms with E-state index in [4.69, 9.17) is 4.74 Å². The molecule has 2 heterocycles. The molecular formula is C19H24N4O2. The zero-order chi connectivity index (χ0) is 17.6. The van der Waals surface area contributed by atoms with E-state index in [9.17, 15) is 4.79 Å². The van der Waals surface area contributed by atoms with E-state index in [1.54, 1.807) is 6.20 Å². The zero-order valence-electron chi connectivity index (χ0n) is 14.7. The Bertz CT molecular complexity index is 735. The minimum atomic E-state index is -0.0902. The van der Waals surface area contributed by atoms with E-state index in [0.29, 0.717) is 24.8 Å². The number of rotatable bonds is 5. The van der Waals surface area contributed by atoms with Gasteiger partial charge in [0.25, 0.3) is 0 Å². The zero-order valence-corrected chi connectivity index (χ0v) is 14.7. The fraction of sp³-hybridized carbons (Fsp3) is 0.421. The van der Waals surface area contributed by atoms with Gasteiger partial charge in [0, 0.05) is 25.0 Å². The molecule has 1 saturated heterocycles. The number of aryl methyl sites for hydroxylation is 1. The summed E-state index contributed by atoms with van der Waals surface area (Å²) in [4.78, 5) is 23.6. The Balaban J connectivity index is 1.68. The normalized spacial score (nSPS) is 17.2. The van der Waals surface area contributed by atoms with Crippen molar-refractivity contribution in [2.75, 3.05) is 29.9 Å². The molecule has 1 aromatic carbocycles. The molecule has 0 bridgehead atoms. The molecule has 1 aliphatic rings. The van der Waals surface area contributed by atoms with Crippen LogP contribution in [-0.2, 0) is 4.79 Å². The highest BCUT2D eigenvalue weighted by molar-refractivity contribution is 5.94. The minimum Gasteiger partial charge on any atom is -0.492 e. The van der Waals surface area contributed by atoms with Crippen LogP contribution in [0.3, 0.4) is 0 Å². The summed E-state index contributed by atoms with van der Waals surface area (Å²) in [5.41, 5.74) is 1.65. The SMILES string of the molecule is CCOc1ccccc1NC(=O)C1CCCN(c2nccc(C)n2)C1. The second kappa shape index (κ2) is 7.96. The van der Waals surface area contributed by atoms with Crippen LogP contribution in [-0.4, -0.2) is 35.6 Å². The number of anilines is 2. The largest absolute Gasteiger partial charge is 0.492 e. The number of ether oxygens (including phenoxy) is 1. The van der Waals surface area contributed by atoms with Gasteiger partial charge in [0.15, 0.2) is 0 Å². The third-order valence-corrected chi connectivity index (χ3v) is 4.30. The summed E-state index contributed by atoms with van der Waals surface area (Å²) in [5, 5.41) is 3.02. The van der Waals surface area contributed by atoms with Crippen molar-refractivity contribution >= 4 is 17.5 Å².